The number of rotatable bonds is 7. The van der Waals surface area contributed by atoms with Crippen molar-refractivity contribution in [1.82, 2.24) is 0 Å². The van der Waals surface area contributed by atoms with Crippen molar-refractivity contribution in [3.05, 3.63) is 131 Å². The van der Waals surface area contributed by atoms with Crippen molar-refractivity contribution < 1.29 is 28.1 Å². The Balaban J connectivity index is 1.45. The normalized spacial score (nSPS) is 14.0. The summed E-state index contributed by atoms with van der Waals surface area (Å²) in [5.74, 6) is -0.714. The molecule has 7 nitrogen and oxygen atoms in total. The Morgan fingerprint density at radius 2 is 1.77 bits per heavy atom. The Morgan fingerprint density at radius 1 is 1.00 bits per heavy atom. The summed E-state index contributed by atoms with van der Waals surface area (Å²) in [5.41, 5.74) is 8.52. The van der Waals surface area contributed by atoms with Gasteiger partial charge in [-0.2, -0.15) is 5.26 Å². The molecule has 5 rings (SSSR count). The highest BCUT2D eigenvalue weighted by Crippen LogP contribution is 2.45. The van der Waals surface area contributed by atoms with Gasteiger partial charge in [0.25, 0.3) is 0 Å². The molecule has 2 N–H and O–H groups in total. The number of halogens is 1. The summed E-state index contributed by atoms with van der Waals surface area (Å²) in [6, 6.07) is 27.6. The van der Waals surface area contributed by atoms with Crippen molar-refractivity contribution >= 4 is 5.97 Å². The molecule has 0 radical (unpaired) electrons. The van der Waals surface area contributed by atoms with E-state index in [4.69, 9.17) is 24.7 Å². The minimum Gasteiger partial charge on any atom is -0.493 e. The van der Waals surface area contributed by atoms with Gasteiger partial charge in [-0.05, 0) is 41.5 Å². The monoisotopic (exact) mass is 522 g/mol. The van der Waals surface area contributed by atoms with Crippen LogP contribution >= 0.6 is 0 Å². The fourth-order valence-corrected chi connectivity index (χ4v) is 4.35. The van der Waals surface area contributed by atoms with Gasteiger partial charge < -0.3 is 24.7 Å². The molecule has 0 spiro atoms. The van der Waals surface area contributed by atoms with Gasteiger partial charge in [-0.3, -0.25) is 0 Å². The van der Waals surface area contributed by atoms with E-state index in [2.05, 4.69) is 6.07 Å². The predicted molar refractivity (Wildman–Crippen MR) is 141 cm³/mol. The molecule has 0 aromatic heterocycles. The number of nitrogens with two attached hydrogens (primary N) is 1. The zero-order chi connectivity index (χ0) is 27.4. The zero-order valence-corrected chi connectivity index (χ0v) is 20.9. The fraction of sp³-hybridized carbons (Fsp3) is 0.0968. The molecule has 1 unspecified atom stereocenters. The third kappa shape index (κ3) is 5.24. The number of benzene rings is 4. The molecule has 0 amide bonds. The van der Waals surface area contributed by atoms with E-state index < -0.39 is 17.7 Å². The topological polar surface area (TPSA) is 104 Å². The number of nitrogens with zero attached hydrogens (tertiary/aromatic N) is 1. The molecular formula is C31H23FN2O5. The molecule has 0 saturated carbocycles. The van der Waals surface area contributed by atoms with Crippen LogP contribution in [0.2, 0.25) is 0 Å². The maximum atomic E-state index is 14.0. The first-order valence-electron chi connectivity index (χ1n) is 12.0. The smallest absolute Gasteiger partial charge is 0.346 e. The maximum Gasteiger partial charge on any atom is 0.346 e. The predicted octanol–water partition coefficient (Wildman–Crippen LogP) is 5.85. The highest BCUT2D eigenvalue weighted by molar-refractivity contribution is 5.91. The SMILES string of the molecule is COc1cc(C2C(C#N)=C(N)Oc3cc(OC(=O)c4ccccc4F)ccc32)ccc1OCc1ccccc1. The van der Waals surface area contributed by atoms with Crippen LogP contribution in [0.3, 0.4) is 0 Å². The zero-order valence-electron chi connectivity index (χ0n) is 20.9. The van der Waals surface area contributed by atoms with Gasteiger partial charge in [0.05, 0.1) is 18.6 Å². The summed E-state index contributed by atoms with van der Waals surface area (Å²) in [7, 11) is 1.54. The quantitative estimate of drug-likeness (QED) is 0.240. The van der Waals surface area contributed by atoms with Crippen LogP contribution in [0, 0.1) is 17.1 Å². The maximum absolute atomic E-state index is 14.0. The molecule has 0 aliphatic carbocycles. The van der Waals surface area contributed by atoms with E-state index in [1.165, 1.54) is 31.4 Å². The van der Waals surface area contributed by atoms with E-state index >= 15 is 0 Å². The van der Waals surface area contributed by atoms with Crippen molar-refractivity contribution in [1.29, 1.82) is 5.26 Å². The lowest BCUT2D eigenvalue weighted by molar-refractivity contribution is 0.0729. The standard InChI is InChI=1S/C31H23FN2O5/c1-36-28-15-20(11-14-26(28)37-18-19-7-3-2-4-8-19)29-23-13-12-21(16-27(23)39-30(34)24(29)17-33)38-31(35)22-9-5-6-10-25(22)32/h2-16,29H,18,34H2,1H3. The molecule has 0 bridgehead atoms. The molecule has 194 valence electrons. The van der Waals surface area contributed by atoms with Crippen LogP contribution in [-0.4, -0.2) is 13.1 Å². The van der Waals surface area contributed by atoms with E-state index in [1.54, 1.807) is 30.3 Å². The first-order valence-corrected chi connectivity index (χ1v) is 12.0. The average Bonchev–Trinajstić information content (AvgIpc) is 2.96. The van der Waals surface area contributed by atoms with Gasteiger partial charge in [-0.25, -0.2) is 9.18 Å². The minimum atomic E-state index is -0.850. The van der Waals surface area contributed by atoms with Crippen molar-refractivity contribution in [2.45, 2.75) is 12.5 Å². The third-order valence-corrected chi connectivity index (χ3v) is 6.25. The molecule has 1 heterocycles. The summed E-state index contributed by atoms with van der Waals surface area (Å²) in [4.78, 5) is 12.5. The summed E-state index contributed by atoms with van der Waals surface area (Å²) in [6.45, 7) is 0.362. The van der Waals surface area contributed by atoms with Crippen molar-refractivity contribution in [2.75, 3.05) is 7.11 Å². The molecule has 1 aliphatic rings. The van der Waals surface area contributed by atoms with Gasteiger partial charge in [-0.15, -0.1) is 0 Å². The van der Waals surface area contributed by atoms with Crippen LogP contribution in [-0.2, 0) is 6.61 Å². The second-order valence-corrected chi connectivity index (χ2v) is 8.68. The summed E-state index contributed by atoms with van der Waals surface area (Å²) in [6.07, 6.45) is 0. The Hall–Kier alpha value is -5.29. The minimum absolute atomic E-state index is 0.0732. The number of nitriles is 1. The molecule has 39 heavy (non-hydrogen) atoms. The Bertz CT molecular complexity index is 1610. The van der Waals surface area contributed by atoms with Gasteiger partial charge in [0.1, 0.15) is 35.6 Å². The van der Waals surface area contributed by atoms with Gasteiger partial charge in [0.15, 0.2) is 11.5 Å². The average molecular weight is 523 g/mol. The van der Waals surface area contributed by atoms with Crippen LogP contribution in [0.15, 0.2) is 102 Å². The number of allylic oxidation sites excluding steroid dienone is 1. The molecule has 0 fully saturated rings. The lowest BCUT2D eigenvalue weighted by atomic mass is 9.83. The second-order valence-electron chi connectivity index (χ2n) is 8.68. The number of methoxy groups -OCH3 is 1. The van der Waals surface area contributed by atoms with E-state index in [-0.39, 0.29) is 22.8 Å². The van der Waals surface area contributed by atoms with Gasteiger partial charge in [0, 0.05) is 11.6 Å². The van der Waals surface area contributed by atoms with Crippen LogP contribution < -0.4 is 24.7 Å². The van der Waals surface area contributed by atoms with Crippen molar-refractivity contribution in [2.24, 2.45) is 5.73 Å². The molecule has 1 atom stereocenters. The van der Waals surface area contributed by atoms with E-state index in [9.17, 15) is 14.4 Å². The molecule has 4 aromatic rings. The molecular weight excluding hydrogens is 499 g/mol. The molecule has 0 saturated heterocycles. The summed E-state index contributed by atoms with van der Waals surface area (Å²) in [5, 5.41) is 9.91. The Morgan fingerprint density at radius 3 is 2.51 bits per heavy atom. The Kier molecular flexibility index (Phi) is 7.15. The largest absolute Gasteiger partial charge is 0.493 e. The number of hydrogen-bond acceptors (Lipinski definition) is 7. The van der Waals surface area contributed by atoms with E-state index in [0.717, 1.165) is 11.1 Å². The van der Waals surface area contributed by atoms with E-state index in [0.29, 0.717) is 29.4 Å². The lowest BCUT2D eigenvalue weighted by Gasteiger charge is -2.27. The Labute approximate surface area is 224 Å². The molecule has 8 heteroatoms. The van der Waals surface area contributed by atoms with Crippen LogP contribution in [0.25, 0.3) is 0 Å². The highest BCUT2D eigenvalue weighted by atomic mass is 19.1. The second kappa shape index (κ2) is 11.0. The lowest BCUT2D eigenvalue weighted by Crippen LogP contribution is -2.21. The summed E-state index contributed by atoms with van der Waals surface area (Å²) < 4.78 is 36.7. The molecule has 1 aliphatic heterocycles. The fourth-order valence-electron chi connectivity index (χ4n) is 4.35. The third-order valence-electron chi connectivity index (χ3n) is 6.25. The van der Waals surface area contributed by atoms with Crippen molar-refractivity contribution in [3.8, 4) is 29.1 Å². The van der Waals surface area contributed by atoms with Gasteiger partial charge in [0.2, 0.25) is 5.88 Å². The summed E-state index contributed by atoms with van der Waals surface area (Å²) >= 11 is 0. The van der Waals surface area contributed by atoms with E-state index in [1.807, 2.05) is 36.4 Å². The number of hydrogen-bond donors (Lipinski definition) is 1. The number of esters is 1. The van der Waals surface area contributed by atoms with Crippen LogP contribution in [0.4, 0.5) is 4.39 Å². The number of carbonyl (C=O) groups excluding carboxylic acids is 1. The van der Waals surface area contributed by atoms with Crippen LogP contribution in [0.1, 0.15) is 33.0 Å². The number of fused-ring (bicyclic) bond motifs is 1. The highest BCUT2D eigenvalue weighted by Gasteiger charge is 2.32. The van der Waals surface area contributed by atoms with Gasteiger partial charge >= 0.3 is 5.97 Å². The number of ether oxygens (including phenoxy) is 4. The number of carbonyl (C=O) groups is 1. The first-order chi connectivity index (χ1) is 19.0. The molecule has 4 aromatic carbocycles. The van der Waals surface area contributed by atoms with Crippen molar-refractivity contribution in [3.63, 3.8) is 0 Å². The first kappa shape index (κ1) is 25.4. The van der Waals surface area contributed by atoms with Gasteiger partial charge in [-0.1, -0.05) is 54.6 Å². The van der Waals surface area contributed by atoms with Crippen LogP contribution in [0.5, 0.6) is 23.0 Å².